The van der Waals surface area contributed by atoms with Crippen molar-refractivity contribution in [1.82, 2.24) is 0 Å². The highest BCUT2D eigenvalue weighted by molar-refractivity contribution is 7.91. The first-order chi connectivity index (χ1) is 7.79. The lowest BCUT2D eigenvalue weighted by Gasteiger charge is -2.26. The summed E-state index contributed by atoms with van der Waals surface area (Å²) in [4.78, 5) is 0. The lowest BCUT2D eigenvalue weighted by molar-refractivity contribution is 0.133. The van der Waals surface area contributed by atoms with Crippen LogP contribution in [-0.4, -0.2) is 19.6 Å². The van der Waals surface area contributed by atoms with E-state index in [0.717, 1.165) is 17.8 Å². The fourth-order valence-electron chi connectivity index (χ4n) is 2.08. The van der Waals surface area contributed by atoms with Gasteiger partial charge in [-0.2, -0.15) is 0 Å². The molecule has 1 unspecified atom stereocenters. The molecule has 0 saturated heterocycles. The van der Waals surface area contributed by atoms with Gasteiger partial charge in [0.25, 0.3) is 0 Å². The summed E-state index contributed by atoms with van der Waals surface area (Å²) in [6.07, 6.45) is 0.273. The number of nitrogens with two attached hydrogens (primary N) is 1. The summed E-state index contributed by atoms with van der Waals surface area (Å²) in [6.45, 7) is 5.70. The Kier molecular flexibility index (Phi) is 4.71. The third-order valence-electron chi connectivity index (χ3n) is 3.05. The summed E-state index contributed by atoms with van der Waals surface area (Å²) in [5.41, 5.74) is 0.641. The van der Waals surface area contributed by atoms with E-state index in [1.165, 1.54) is 0 Å². The number of hydrogen-bond acceptors (Lipinski definition) is 4. The zero-order chi connectivity index (χ0) is 13.2. The molecule has 0 fully saturated rings. The fourth-order valence-corrected chi connectivity index (χ4v) is 3.99. The number of aliphatic hydroxyl groups is 1. The third-order valence-corrected chi connectivity index (χ3v) is 5.51. The monoisotopic (exact) mass is 277 g/mol. The van der Waals surface area contributed by atoms with Crippen molar-refractivity contribution in [1.29, 1.82) is 0 Å². The maximum absolute atomic E-state index is 11.5. The van der Waals surface area contributed by atoms with Gasteiger partial charge in [-0.05, 0) is 29.9 Å². The van der Waals surface area contributed by atoms with Crippen molar-refractivity contribution in [3.8, 4) is 0 Å². The van der Waals surface area contributed by atoms with Gasteiger partial charge in [-0.3, -0.25) is 0 Å². The van der Waals surface area contributed by atoms with Crippen molar-refractivity contribution in [3.05, 3.63) is 17.0 Å². The van der Waals surface area contributed by atoms with Crippen LogP contribution in [0.4, 0.5) is 0 Å². The predicted octanol–water partition coefficient (Wildman–Crippen LogP) is 1.91. The minimum absolute atomic E-state index is 0.170. The molecular formula is C11H19NO3S2. The van der Waals surface area contributed by atoms with Crippen molar-refractivity contribution < 1.29 is 13.5 Å². The van der Waals surface area contributed by atoms with Crippen LogP contribution in [0, 0.1) is 5.92 Å². The third kappa shape index (κ3) is 3.28. The molecule has 4 nitrogen and oxygen atoms in total. The Balaban J connectivity index is 3.26. The van der Waals surface area contributed by atoms with Crippen LogP contribution < -0.4 is 5.14 Å². The number of aliphatic hydroxyl groups excluding tert-OH is 1. The van der Waals surface area contributed by atoms with Crippen LogP contribution in [0.2, 0.25) is 0 Å². The quantitative estimate of drug-likeness (QED) is 0.862. The molecule has 1 rings (SSSR count). The summed E-state index contributed by atoms with van der Waals surface area (Å²) < 4.78 is 23.1. The molecule has 1 aromatic heterocycles. The molecule has 0 aliphatic carbocycles. The molecule has 0 spiro atoms. The van der Waals surface area contributed by atoms with E-state index >= 15 is 0 Å². The molecule has 0 radical (unpaired) electrons. The molecule has 0 saturated carbocycles. The van der Waals surface area contributed by atoms with Crippen LogP contribution in [-0.2, 0) is 10.0 Å². The molecule has 1 heterocycles. The number of sulfonamides is 1. The van der Waals surface area contributed by atoms with E-state index in [0.29, 0.717) is 5.56 Å². The predicted molar refractivity (Wildman–Crippen MR) is 69.6 cm³/mol. The SMILES string of the molecule is CC[C@H](C)[C@@H](c1ccsc1S(N)(=O)=O)C(C)O. The van der Waals surface area contributed by atoms with Crippen LogP contribution in [0.5, 0.6) is 0 Å². The molecule has 1 aromatic rings. The first-order valence-electron chi connectivity index (χ1n) is 5.57. The van der Waals surface area contributed by atoms with Crippen molar-refractivity contribution in [2.75, 3.05) is 0 Å². The summed E-state index contributed by atoms with van der Waals surface area (Å²) in [7, 11) is -3.70. The van der Waals surface area contributed by atoms with Gasteiger partial charge in [0.1, 0.15) is 4.21 Å². The molecule has 17 heavy (non-hydrogen) atoms. The lowest BCUT2D eigenvalue weighted by Crippen LogP contribution is -2.24. The topological polar surface area (TPSA) is 80.4 Å². The Morgan fingerprint density at radius 3 is 2.47 bits per heavy atom. The second-order valence-electron chi connectivity index (χ2n) is 4.36. The van der Waals surface area contributed by atoms with Crippen LogP contribution >= 0.6 is 11.3 Å². The van der Waals surface area contributed by atoms with Crippen LogP contribution in [0.25, 0.3) is 0 Å². The molecular weight excluding hydrogens is 258 g/mol. The van der Waals surface area contributed by atoms with Crippen LogP contribution in [0.3, 0.4) is 0 Å². The second-order valence-corrected chi connectivity index (χ2v) is 7.03. The number of rotatable bonds is 5. The van der Waals surface area contributed by atoms with E-state index in [-0.39, 0.29) is 16.0 Å². The Hall–Kier alpha value is -0.430. The van der Waals surface area contributed by atoms with E-state index in [4.69, 9.17) is 5.14 Å². The number of primary sulfonamides is 1. The Labute approximate surface area is 107 Å². The first-order valence-corrected chi connectivity index (χ1v) is 7.99. The Bertz CT molecular complexity index is 465. The molecule has 6 heteroatoms. The summed E-state index contributed by atoms with van der Waals surface area (Å²) in [5.74, 6) is 0.00433. The molecule has 0 aromatic carbocycles. The average Bonchev–Trinajstić information content (AvgIpc) is 2.65. The van der Waals surface area contributed by atoms with Gasteiger partial charge in [0.05, 0.1) is 6.10 Å². The van der Waals surface area contributed by atoms with Crippen LogP contribution in [0.15, 0.2) is 15.7 Å². The molecule has 0 aliphatic rings. The van der Waals surface area contributed by atoms with Crippen LogP contribution in [0.1, 0.15) is 38.7 Å². The maximum Gasteiger partial charge on any atom is 0.247 e. The lowest BCUT2D eigenvalue weighted by atomic mass is 9.83. The van der Waals surface area contributed by atoms with E-state index < -0.39 is 16.1 Å². The van der Waals surface area contributed by atoms with E-state index in [2.05, 4.69) is 0 Å². The maximum atomic E-state index is 11.5. The number of thiophene rings is 1. The standard InChI is InChI=1S/C11H19NO3S2/c1-4-7(2)10(8(3)13)9-5-6-16-11(9)17(12,14)15/h5-8,10,13H,4H2,1-3H3,(H2,12,14,15)/t7-,8?,10+/m0/s1. The molecule has 0 amide bonds. The molecule has 3 N–H and O–H groups in total. The van der Waals surface area contributed by atoms with Gasteiger partial charge < -0.3 is 5.11 Å². The smallest absolute Gasteiger partial charge is 0.247 e. The zero-order valence-corrected chi connectivity index (χ0v) is 11.9. The fraction of sp³-hybridized carbons (Fsp3) is 0.636. The first kappa shape index (κ1) is 14.6. The normalized spacial score (nSPS) is 17.7. The molecule has 98 valence electrons. The van der Waals surface area contributed by atoms with Gasteiger partial charge in [-0.25, -0.2) is 13.6 Å². The average molecular weight is 277 g/mol. The highest BCUT2D eigenvalue weighted by atomic mass is 32.2. The minimum Gasteiger partial charge on any atom is -0.393 e. The summed E-state index contributed by atoms with van der Waals surface area (Å²) >= 11 is 1.11. The zero-order valence-electron chi connectivity index (χ0n) is 10.3. The van der Waals surface area contributed by atoms with Gasteiger partial charge in [0, 0.05) is 5.92 Å². The van der Waals surface area contributed by atoms with Gasteiger partial charge in [-0.15, -0.1) is 11.3 Å². The van der Waals surface area contributed by atoms with Gasteiger partial charge >= 0.3 is 0 Å². The number of hydrogen-bond donors (Lipinski definition) is 2. The van der Waals surface area contributed by atoms with Gasteiger partial charge in [0.2, 0.25) is 10.0 Å². The van der Waals surface area contributed by atoms with Crippen molar-refractivity contribution in [2.45, 2.75) is 43.4 Å². The van der Waals surface area contributed by atoms with E-state index in [1.54, 1.807) is 18.4 Å². The molecule has 0 aliphatic heterocycles. The van der Waals surface area contributed by atoms with E-state index in [1.807, 2.05) is 13.8 Å². The second kappa shape index (κ2) is 5.48. The molecule has 0 bridgehead atoms. The highest BCUT2D eigenvalue weighted by Crippen LogP contribution is 2.36. The Morgan fingerprint density at radius 1 is 1.47 bits per heavy atom. The van der Waals surface area contributed by atoms with Crippen molar-refractivity contribution >= 4 is 21.4 Å². The largest absolute Gasteiger partial charge is 0.393 e. The summed E-state index contributed by atoms with van der Waals surface area (Å²) in [6, 6.07) is 1.74. The Morgan fingerprint density at radius 2 is 2.06 bits per heavy atom. The van der Waals surface area contributed by atoms with Crippen molar-refractivity contribution in [3.63, 3.8) is 0 Å². The highest BCUT2D eigenvalue weighted by Gasteiger charge is 2.29. The molecule has 3 atom stereocenters. The summed E-state index contributed by atoms with van der Waals surface area (Å²) in [5, 5.41) is 16.7. The minimum atomic E-state index is -3.70. The van der Waals surface area contributed by atoms with Gasteiger partial charge in [0.15, 0.2) is 0 Å². The van der Waals surface area contributed by atoms with E-state index in [9.17, 15) is 13.5 Å². The van der Waals surface area contributed by atoms with Gasteiger partial charge in [-0.1, -0.05) is 20.3 Å². The van der Waals surface area contributed by atoms with Crippen molar-refractivity contribution in [2.24, 2.45) is 11.1 Å².